The van der Waals surface area contributed by atoms with Crippen molar-refractivity contribution >= 4 is 5.91 Å². The summed E-state index contributed by atoms with van der Waals surface area (Å²) in [6, 6.07) is 0.243. The number of nitrogens with one attached hydrogen (secondary N) is 1. The van der Waals surface area contributed by atoms with Crippen molar-refractivity contribution in [2.75, 3.05) is 20.1 Å². The van der Waals surface area contributed by atoms with Crippen LogP contribution in [0.3, 0.4) is 0 Å². The number of hydrogen-bond donors (Lipinski definition) is 1. The molecule has 0 aromatic carbocycles. The minimum Gasteiger partial charge on any atom is -0.353 e. The van der Waals surface area contributed by atoms with Crippen LogP contribution in [0.15, 0.2) is 0 Å². The second kappa shape index (κ2) is 6.00. The van der Waals surface area contributed by atoms with Gasteiger partial charge in [-0.2, -0.15) is 0 Å². The van der Waals surface area contributed by atoms with E-state index in [2.05, 4.69) is 12.2 Å². The van der Waals surface area contributed by atoms with E-state index in [0.717, 1.165) is 13.0 Å². The largest absolute Gasteiger partial charge is 0.353 e. The van der Waals surface area contributed by atoms with Crippen LogP contribution in [0.2, 0.25) is 0 Å². The van der Waals surface area contributed by atoms with Crippen LogP contribution in [0.1, 0.15) is 27.2 Å². The molecule has 0 aliphatic carbocycles. The standard InChI is InChI=1S/C9H20N2O/c1-5-6-11(4)7-9(12)10-8(2)3/h8H,5-7H2,1-4H3,(H,10,12). The molecule has 0 aromatic rings. The van der Waals surface area contributed by atoms with Crippen LogP contribution in [0.25, 0.3) is 0 Å². The van der Waals surface area contributed by atoms with E-state index in [1.807, 2.05) is 25.8 Å². The van der Waals surface area contributed by atoms with Crippen molar-refractivity contribution in [3.63, 3.8) is 0 Å². The molecule has 0 radical (unpaired) electrons. The smallest absolute Gasteiger partial charge is 0.234 e. The Balaban J connectivity index is 3.54. The van der Waals surface area contributed by atoms with Gasteiger partial charge in [0.15, 0.2) is 0 Å². The zero-order valence-corrected chi connectivity index (χ0v) is 8.55. The van der Waals surface area contributed by atoms with Crippen LogP contribution in [-0.4, -0.2) is 37.0 Å². The average molecular weight is 172 g/mol. The monoisotopic (exact) mass is 172 g/mol. The van der Waals surface area contributed by atoms with Gasteiger partial charge in [0.05, 0.1) is 6.54 Å². The van der Waals surface area contributed by atoms with E-state index in [1.165, 1.54) is 0 Å². The molecule has 0 fully saturated rings. The van der Waals surface area contributed by atoms with Crippen LogP contribution in [0.4, 0.5) is 0 Å². The first-order valence-electron chi connectivity index (χ1n) is 4.54. The van der Waals surface area contributed by atoms with Crippen molar-refractivity contribution in [2.24, 2.45) is 0 Å². The highest BCUT2D eigenvalue weighted by Crippen LogP contribution is 1.86. The normalized spacial score (nSPS) is 10.8. The number of carbonyl (C=O) groups excluding carboxylic acids is 1. The number of amides is 1. The number of rotatable bonds is 5. The number of carbonyl (C=O) groups is 1. The van der Waals surface area contributed by atoms with E-state index in [9.17, 15) is 4.79 Å². The zero-order valence-electron chi connectivity index (χ0n) is 8.55. The van der Waals surface area contributed by atoms with Gasteiger partial charge in [-0.1, -0.05) is 6.92 Å². The average Bonchev–Trinajstić information content (AvgIpc) is 1.84. The van der Waals surface area contributed by atoms with Crippen LogP contribution in [0, 0.1) is 0 Å². The van der Waals surface area contributed by atoms with Crippen LogP contribution in [-0.2, 0) is 4.79 Å². The van der Waals surface area contributed by atoms with Gasteiger partial charge in [0.2, 0.25) is 5.91 Å². The van der Waals surface area contributed by atoms with Crippen LogP contribution in [0.5, 0.6) is 0 Å². The predicted molar refractivity (Wildman–Crippen MR) is 51.1 cm³/mol. The van der Waals surface area contributed by atoms with Crippen molar-refractivity contribution in [1.29, 1.82) is 0 Å². The molecule has 0 aliphatic heterocycles. The summed E-state index contributed by atoms with van der Waals surface area (Å²) in [5, 5.41) is 2.85. The minimum atomic E-state index is 0.112. The molecule has 3 heteroatoms. The van der Waals surface area contributed by atoms with E-state index < -0.39 is 0 Å². The van der Waals surface area contributed by atoms with Crippen molar-refractivity contribution in [2.45, 2.75) is 33.2 Å². The number of nitrogens with zero attached hydrogens (tertiary/aromatic N) is 1. The highest BCUT2D eigenvalue weighted by Gasteiger charge is 2.05. The van der Waals surface area contributed by atoms with E-state index in [0.29, 0.717) is 6.54 Å². The second-order valence-electron chi connectivity index (χ2n) is 3.46. The Kier molecular flexibility index (Phi) is 5.72. The van der Waals surface area contributed by atoms with Gasteiger partial charge in [0.1, 0.15) is 0 Å². The summed E-state index contributed by atoms with van der Waals surface area (Å²) < 4.78 is 0. The quantitative estimate of drug-likeness (QED) is 0.667. The Morgan fingerprint density at radius 2 is 2.08 bits per heavy atom. The molecule has 0 unspecified atom stereocenters. The van der Waals surface area contributed by atoms with Crippen molar-refractivity contribution in [1.82, 2.24) is 10.2 Å². The molecule has 0 saturated heterocycles. The Labute approximate surface area is 75.1 Å². The van der Waals surface area contributed by atoms with Gasteiger partial charge in [-0.3, -0.25) is 9.69 Å². The molecule has 1 N–H and O–H groups in total. The lowest BCUT2D eigenvalue weighted by atomic mass is 10.3. The van der Waals surface area contributed by atoms with Crippen molar-refractivity contribution in [3.05, 3.63) is 0 Å². The summed E-state index contributed by atoms with van der Waals surface area (Å²) >= 11 is 0. The van der Waals surface area contributed by atoms with Gasteiger partial charge in [-0.25, -0.2) is 0 Å². The van der Waals surface area contributed by atoms with E-state index in [-0.39, 0.29) is 11.9 Å². The lowest BCUT2D eigenvalue weighted by Gasteiger charge is -2.16. The maximum atomic E-state index is 11.2. The molecule has 0 rings (SSSR count). The second-order valence-corrected chi connectivity index (χ2v) is 3.46. The molecule has 12 heavy (non-hydrogen) atoms. The first-order valence-corrected chi connectivity index (χ1v) is 4.54. The molecule has 0 spiro atoms. The SMILES string of the molecule is CCCN(C)CC(=O)NC(C)C. The van der Waals surface area contributed by atoms with Crippen LogP contribution >= 0.6 is 0 Å². The highest BCUT2D eigenvalue weighted by atomic mass is 16.2. The fourth-order valence-electron chi connectivity index (χ4n) is 1.07. The molecular formula is C9H20N2O. The molecule has 0 saturated carbocycles. The minimum absolute atomic E-state index is 0.112. The molecule has 3 nitrogen and oxygen atoms in total. The fraction of sp³-hybridized carbons (Fsp3) is 0.889. The third kappa shape index (κ3) is 6.16. The molecule has 0 aliphatic rings. The number of likely N-dealkylation sites (N-methyl/N-ethyl adjacent to an activating group) is 1. The Hall–Kier alpha value is -0.570. The molecule has 0 bridgehead atoms. The van der Waals surface area contributed by atoms with Crippen molar-refractivity contribution < 1.29 is 4.79 Å². The molecule has 1 amide bonds. The Morgan fingerprint density at radius 1 is 1.50 bits per heavy atom. The summed E-state index contributed by atoms with van der Waals surface area (Å²) in [5.41, 5.74) is 0. The maximum Gasteiger partial charge on any atom is 0.234 e. The summed E-state index contributed by atoms with van der Waals surface area (Å²) in [7, 11) is 1.96. The summed E-state index contributed by atoms with van der Waals surface area (Å²) in [4.78, 5) is 13.2. The van der Waals surface area contributed by atoms with Crippen molar-refractivity contribution in [3.8, 4) is 0 Å². The zero-order chi connectivity index (χ0) is 9.56. The lowest BCUT2D eigenvalue weighted by Crippen LogP contribution is -2.38. The van der Waals surface area contributed by atoms with E-state index in [1.54, 1.807) is 0 Å². The van der Waals surface area contributed by atoms with Gasteiger partial charge in [0, 0.05) is 6.04 Å². The van der Waals surface area contributed by atoms with Crippen LogP contribution < -0.4 is 5.32 Å². The Bertz CT molecular complexity index is 134. The van der Waals surface area contributed by atoms with Gasteiger partial charge >= 0.3 is 0 Å². The molecule has 0 aromatic heterocycles. The van der Waals surface area contributed by atoms with Gasteiger partial charge in [-0.05, 0) is 33.9 Å². The van der Waals surface area contributed by atoms with Gasteiger partial charge in [-0.15, -0.1) is 0 Å². The summed E-state index contributed by atoms with van der Waals surface area (Å²) in [6.45, 7) is 7.53. The molecule has 72 valence electrons. The first kappa shape index (κ1) is 11.4. The summed E-state index contributed by atoms with van der Waals surface area (Å²) in [6.07, 6.45) is 1.09. The maximum absolute atomic E-state index is 11.2. The highest BCUT2D eigenvalue weighted by molar-refractivity contribution is 5.78. The predicted octanol–water partition coefficient (Wildman–Crippen LogP) is 0.853. The Morgan fingerprint density at radius 3 is 2.50 bits per heavy atom. The fourth-order valence-corrected chi connectivity index (χ4v) is 1.07. The topological polar surface area (TPSA) is 32.3 Å². The van der Waals surface area contributed by atoms with Gasteiger partial charge in [0.25, 0.3) is 0 Å². The first-order chi connectivity index (χ1) is 5.56. The summed E-state index contributed by atoms with van der Waals surface area (Å²) in [5.74, 6) is 0.112. The molecule has 0 heterocycles. The third-order valence-corrected chi connectivity index (χ3v) is 1.47. The lowest BCUT2D eigenvalue weighted by molar-refractivity contribution is -0.122. The van der Waals surface area contributed by atoms with Gasteiger partial charge < -0.3 is 5.32 Å². The number of hydrogen-bond acceptors (Lipinski definition) is 2. The molecular weight excluding hydrogens is 152 g/mol. The van der Waals surface area contributed by atoms with E-state index >= 15 is 0 Å². The van der Waals surface area contributed by atoms with E-state index in [4.69, 9.17) is 0 Å². The molecule has 0 atom stereocenters. The third-order valence-electron chi connectivity index (χ3n) is 1.47.